The summed E-state index contributed by atoms with van der Waals surface area (Å²) in [5.41, 5.74) is 0.848. The first-order valence-electron chi connectivity index (χ1n) is 28.0. The van der Waals surface area contributed by atoms with E-state index >= 15 is 0 Å². The topological polar surface area (TPSA) is 308 Å². The lowest BCUT2D eigenvalue weighted by Crippen LogP contribution is -2.58. The second-order valence-electron chi connectivity index (χ2n) is 24.9. The number of carbonyl (C=O) groups excluding carboxylic acids is 2. The van der Waals surface area contributed by atoms with Gasteiger partial charge in [0.25, 0.3) is 0 Å². The quantitative estimate of drug-likeness (QED) is 0.133. The molecule has 6 heterocycles. The van der Waals surface area contributed by atoms with Crippen LogP contribution in [0.4, 0.5) is 0 Å². The number of carbonyl (C=O) groups is 2. The normalized spacial score (nSPS) is 49.5. The first-order valence-corrected chi connectivity index (χ1v) is 28.0. The van der Waals surface area contributed by atoms with E-state index in [0.29, 0.717) is 25.7 Å². The molecule has 30 atom stereocenters. The van der Waals surface area contributed by atoms with Crippen molar-refractivity contribution < 1.29 is 88.3 Å². The number of likely N-dealkylation sites (N-methyl/N-ethyl adjacent to an activating group) is 1. The molecule has 0 saturated carbocycles. The van der Waals surface area contributed by atoms with E-state index in [9.17, 15) is 50.4 Å². The predicted molar refractivity (Wildman–Crippen MR) is 275 cm³/mol. The van der Waals surface area contributed by atoms with Gasteiger partial charge in [-0.1, -0.05) is 55.4 Å². The minimum Gasteiger partial charge on any atom is -0.459 e. The summed E-state index contributed by atoms with van der Waals surface area (Å²) >= 11 is 0. The molecule has 0 amide bonds. The van der Waals surface area contributed by atoms with Gasteiger partial charge >= 0.3 is 11.9 Å². The van der Waals surface area contributed by atoms with Crippen LogP contribution in [0, 0.1) is 47.3 Å². The Labute approximate surface area is 446 Å². The summed E-state index contributed by atoms with van der Waals surface area (Å²) in [5, 5.41) is 91.6. The van der Waals surface area contributed by atoms with Gasteiger partial charge in [-0.25, -0.2) is 0 Å². The van der Waals surface area contributed by atoms with Gasteiger partial charge in [-0.2, -0.15) is 0 Å². The number of ether oxygens (including phenoxy) is 8. The number of fused-ring (bicyclic) bond motifs is 4. The van der Waals surface area contributed by atoms with Crippen molar-refractivity contribution in [3.05, 3.63) is 0 Å². The van der Waals surface area contributed by atoms with Gasteiger partial charge in [-0.15, -0.1) is 0 Å². The number of aliphatic hydroxyl groups is 8. The largest absolute Gasteiger partial charge is 0.459 e. The van der Waals surface area contributed by atoms with Crippen LogP contribution in [0.15, 0.2) is 0 Å². The Morgan fingerprint density at radius 1 is 0.627 bits per heavy atom. The first kappa shape index (κ1) is 64.1. The van der Waals surface area contributed by atoms with Crippen LogP contribution in [0.25, 0.3) is 0 Å². The van der Waals surface area contributed by atoms with Crippen LogP contribution in [0.5, 0.6) is 0 Å². The highest BCUT2D eigenvalue weighted by molar-refractivity contribution is 5.73. The Kier molecular flexibility index (Phi) is 21.4. The lowest BCUT2D eigenvalue weighted by molar-refractivity contribution is -0.296. The lowest BCUT2D eigenvalue weighted by atomic mass is 9.76. The highest BCUT2D eigenvalue weighted by atomic mass is 16.7. The number of nitrogens with two attached hydrogens (primary N) is 1. The second kappa shape index (κ2) is 25.0. The molecule has 6 fully saturated rings. The fraction of sp³-hybridized carbons (Fsp3) is 0.964. The number of rotatable bonds is 11. The molecule has 0 aromatic carbocycles. The van der Waals surface area contributed by atoms with Crippen LogP contribution in [-0.2, 0) is 47.5 Å². The van der Waals surface area contributed by atoms with Gasteiger partial charge in [0.1, 0.15) is 35.6 Å². The SMILES string of the molecule is CC[C@@H](O)[C@@](C)(O)[C@@H]1OC(=O)[C@H](C)[C@@H](O)[C@H](C)[C@@H](O[C@@H]2OC(C)CC(N)C2O)[C@]2(C)CC(C)C(O2)[C@@H]1C.CC[C@@H](O)[C@@](C)(O)[C@@H]1OC(=O)[C@H](C)[C@@H](O)[C@H](C)[C@@H](O[C@@H]2OC(C)CC(NC)C2O)[C@]2(C)CC(C)C(O2)[C@@H]1C. The molecular formula is C55H100N2O18. The van der Waals surface area contributed by atoms with E-state index in [1.165, 1.54) is 13.8 Å². The van der Waals surface area contributed by atoms with Gasteiger partial charge in [-0.05, 0) is 113 Å². The first-order chi connectivity index (χ1) is 34.6. The molecule has 0 aromatic rings. The summed E-state index contributed by atoms with van der Waals surface area (Å²) in [6.45, 7) is 28.5. The Bertz CT molecular complexity index is 1870. The van der Waals surface area contributed by atoms with Crippen LogP contribution in [0.2, 0.25) is 0 Å². The molecule has 0 radical (unpaired) electrons. The molecule has 0 aliphatic carbocycles. The molecule has 20 heteroatoms. The summed E-state index contributed by atoms with van der Waals surface area (Å²) in [4.78, 5) is 26.6. The number of cyclic esters (lactones) is 2. The van der Waals surface area contributed by atoms with E-state index in [4.69, 9.17) is 43.6 Å². The van der Waals surface area contributed by atoms with Crippen molar-refractivity contribution in [2.45, 2.75) is 282 Å². The number of nitrogens with one attached hydrogen (secondary N) is 1. The summed E-state index contributed by atoms with van der Waals surface area (Å²) in [7, 11) is 1.78. The van der Waals surface area contributed by atoms with Crippen LogP contribution in [0.3, 0.4) is 0 Å². The zero-order valence-electron chi connectivity index (χ0n) is 48.0. The smallest absolute Gasteiger partial charge is 0.311 e. The fourth-order valence-corrected chi connectivity index (χ4v) is 13.8. The molecule has 438 valence electrons. The Balaban J connectivity index is 0.000000277. The molecule has 6 rings (SSSR count). The predicted octanol–water partition coefficient (Wildman–Crippen LogP) is 2.45. The highest BCUT2D eigenvalue weighted by Gasteiger charge is 2.60. The van der Waals surface area contributed by atoms with Gasteiger partial charge in [0.2, 0.25) is 0 Å². The van der Waals surface area contributed by atoms with E-state index < -0.39 is 162 Å². The molecule has 6 aliphatic heterocycles. The maximum atomic E-state index is 13.3. The minimum atomic E-state index is -1.74. The van der Waals surface area contributed by atoms with Crippen LogP contribution < -0.4 is 11.1 Å². The second-order valence-corrected chi connectivity index (χ2v) is 24.9. The Hall–Kier alpha value is -1.70. The number of esters is 2. The van der Waals surface area contributed by atoms with Gasteiger partial charge in [0, 0.05) is 35.8 Å². The number of hydrogen-bond acceptors (Lipinski definition) is 20. The average Bonchev–Trinajstić information content (AvgIpc) is 3.85. The number of hydrogen-bond donors (Lipinski definition) is 10. The zero-order valence-corrected chi connectivity index (χ0v) is 48.0. The van der Waals surface area contributed by atoms with Crippen molar-refractivity contribution in [1.29, 1.82) is 0 Å². The maximum Gasteiger partial charge on any atom is 0.311 e. The lowest BCUT2D eigenvalue weighted by Gasteiger charge is -2.45. The Morgan fingerprint density at radius 3 is 1.35 bits per heavy atom. The molecule has 0 aromatic heterocycles. The monoisotopic (exact) mass is 1080 g/mol. The molecule has 20 nitrogen and oxygen atoms in total. The third-order valence-corrected chi connectivity index (χ3v) is 18.4. The molecule has 0 spiro atoms. The van der Waals surface area contributed by atoms with Gasteiger partial charge in [-0.3, -0.25) is 9.59 Å². The van der Waals surface area contributed by atoms with Crippen LogP contribution >= 0.6 is 0 Å². The summed E-state index contributed by atoms with van der Waals surface area (Å²) in [6, 6.07) is -0.750. The van der Waals surface area contributed by atoms with Crippen LogP contribution in [-0.4, -0.2) is 192 Å². The van der Waals surface area contributed by atoms with Crippen molar-refractivity contribution >= 4 is 11.9 Å². The van der Waals surface area contributed by atoms with Crippen molar-refractivity contribution in [2.75, 3.05) is 7.05 Å². The van der Waals surface area contributed by atoms with E-state index in [-0.39, 0.29) is 42.9 Å². The molecule has 10 unspecified atom stereocenters. The maximum absolute atomic E-state index is 13.3. The van der Waals surface area contributed by atoms with Gasteiger partial charge < -0.3 is 89.8 Å². The number of aliphatic hydroxyl groups excluding tert-OH is 6. The summed E-state index contributed by atoms with van der Waals surface area (Å²) in [6.07, 6.45) is -10.7. The fourth-order valence-electron chi connectivity index (χ4n) is 13.8. The minimum absolute atomic E-state index is 0.0146. The Morgan fingerprint density at radius 2 is 0.987 bits per heavy atom. The molecule has 6 saturated heterocycles. The summed E-state index contributed by atoms with van der Waals surface area (Å²) < 4.78 is 50.0. The molecular weight excluding hydrogens is 977 g/mol. The van der Waals surface area contributed by atoms with E-state index in [2.05, 4.69) is 5.32 Å². The van der Waals surface area contributed by atoms with Gasteiger partial charge in [0.15, 0.2) is 12.6 Å². The highest BCUT2D eigenvalue weighted by Crippen LogP contribution is 2.50. The average molecular weight is 1080 g/mol. The molecule has 11 N–H and O–H groups in total. The van der Waals surface area contributed by atoms with Crippen molar-refractivity contribution in [1.82, 2.24) is 5.32 Å². The molecule has 75 heavy (non-hydrogen) atoms. The van der Waals surface area contributed by atoms with Crippen molar-refractivity contribution in [2.24, 2.45) is 53.1 Å². The van der Waals surface area contributed by atoms with Crippen LogP contribution in [0.1, 0.15) is 149 Å². The van der Waals surface area contributed by atoms with E-state index in [1.54, 1.807) is 48.6 Å². The zero-order chi connectivity index (χ0) is 56.8. The van der Waals surface area contributed by atoms with E-state index in [0.717, 1.165) is 0 Å². The van der Waals surface area contributed by atoms with Gasteiger partial charge in [0.05, 0.1) is 84.1 Å². The van der Waals surface area contributed by atoms with Crippen molar-refractivity contribution in [3.8, 4) is 0 Å². The third-order valence-electron chi connectivity index (χ3n) is 18.4. The standard InChI is InChI=1S/C28H51NO9.C27H49NO9/c1-10-19(30)28(8,34)24-17(6)22-13(2)12-27(7,38-22)23(15(4)20(31)16(5)25(33)36-24)37-26-21(32)18(29-9)11-14(3)35-26;1-9-18(29)27(8,33)23-16(6)21-12(2)11-26(7,37-21)22(14(4)19(30)15(5)24(32)35-23)36-25-20(31)17(28)10-13(3)34-25/h13-24,26,29-32,34H,10-12H2,1-9H3;12-23,25,29-31,33H,9-11,28H2,1-8H3/t13?,14?,15-,16+,17-,18?,19+,20-,21?,22?,23+,24+,26-,27-,28+;12?,13?,14-,15+,16-,17?,18+,19-,20?,21?,22+,23+,25-,26-,27+/m00/s1. The molecule has 4 bridgehead atoms. The van der Waals surface area contributed by atoms with Crippen molar-refractivity contribution in [3.63, 3.8) is 0 Å². The summed E-state index contributed by atoms with van der Waals surface area (Å²) in [5.74, 6) is -5.47. The molecule has 6 aliphatic rings. The third kappa shape index (κ3) is 13.2. The van der Waals surface area contributed by atoms with E-state index in [1.807, 2.05) is 55.4 Å².